The summed E-state index contributed by atoms with van der Waals surface area (Å²) in [6.45, 7) is 7.49. The fourth-order valence-corrected chi connectivity index (χ4v) is 5.94. The Kier molecular flexibility index (Phi) is 4.33. The van der Waals surface area contributed by atoms with Gasteiger partial charge in [0.05, 0.1) is 31.1 Å². The van der Waals surface area contributed by atoms with Gasteiger partial charge in [-0.1, -0.05) is 37.3 Å². The minimum Gasteiger partial charge on any atom is -0.369 e. The molecule has 0 spiro atoms. The zero-order chi connectivity index (χ0) is 21.9. The first-order chi connectivity index (χ1) is 15.5. The van der Waals surface area contributed by atoms with Gasteiger partial charge in [0, 0.05) is 30.5 Å². The minimum absolute atomic E-state index is 0.115. The van der Waals surface area contributed by atoms with Crippen molar-refractivity contribution >= 4 is 11.3 Å². The zero-order valence-corrected chi connectivity index (χ0v) is 18.6. The van der Waals surface area contributed by atoms with Crippen molar-refractivity contribution in [2.75, 3.05) is 31.1 Å². The molecule has 4 atom stereocenters. The van der Waals surface area contributed by atoms with Gasteiger partial charge in [0.15, 0.2) is 11.5 Å². The van der Waals surface area contributed by atoms with Crippen molar-refractivity contribution in [3.8, 4) is 6.07 Å². The second kappa shape index (κ2) is 7.03. The largest absolute Gasteiger partial charge is 0.369 e. The van der Waals surface area contributed by atoms with Gasteiger partial charge in [-0.05, 0) is 37.0 Å². The molecule has 0 radical (unpaired) electrons. The van der Waals surface area contributed by atoms with Crippen LogP contribution in [0.3, 0.4) is 0 Å². The Morgan fingerprint density at radius 2 is 2.16 bits per heavy atom. The number of nitrogens with zero attached hydrogens (tertiary/aromatic N) is 5. The highest BCUT2D eigenvalue weighted by molar-refractivity contribution is 5.58. The highest BCUT2D eigenvalue weighted by Gasteiger charge is 2.64. The molecule has 0 amide bonds. The van der Waals surface area contributed by atoms with Crippen LogP contribution in [0.25, 0.3) is 5.65 Å². The van der Waals surface area contributed by atoms with Crippen LogP contribution in [0.1, 0.15) is 36.7 Å². The Morgan fingerprint density at radius 1 is 1.31 bits per heavy atom. The lowest BCUT2D eigenvalue weighted by molar-refractivity contribution is -0.0403. The van der Waals surface area contributed by atoms with Crippen LogP contribution >= 0.6 is 0 Å². The third-order valence-electron chi connectivity index (χ3n) is 7.79. The standard InChI is InChI=1S/C25H28N6O/c1-17-12-20(30-11-8-24(2,16-30)19-6-4-3-5-7-19)14-31-22(17)28-23(29-31)25-13-18(15-32-25)21(25)27-10-9-26/h3-7,12,14,18,21,27H,8,10-11,13,15-16H2,1-2H3/t18?,21?,24-,25?/m0/s1. The molecule has 7 nitrogen and oxygen atoms in total. The summed E-state index contributed by atoms with van der Waals surface area (Å²) in [6.07, 6.45) is 4.15. The van der Waals surface area contributed by atoms with Crippen LogP contribution in [-0.4, -0.2) is 46.9 Å². The molecule has 4 fully saturated rings. The van der Waals surface area contributed by atoms with Crippen LogP contribution in [-0.2, 0) is 15.8 Å². The van der Waals surface area contributed by atoms with Gasteiger partial charge < -0.3 is 9.64 Å². The van der Waals surface area contributed by atoms with E-state index in [0.29, 0.717) is 19.1 Å². The number of hydrogen-bond donors (Lipinski definition) is 1. The molecule has 164 valence electrons. The monoisotopic (exact) mass is 428 g/mol. The normalized spacial score (nSPS) is 31.1. The molecule has 1 aliphatic carbocycles. The van der Waals surface area contributed by atoms with Crippen LogP contribution < -0.4 is 10.2 Å². The van der Waals surface area contributed by atoms with Crippen molar-refractivity contribution in [2.45, 2.75) is 43.7 Å². The van der Waals surface area contributed by atoms with E-state index in [1.807, 2.05) is 4.52 Å². The van der Waals surface area contributed by atoms with Crippen LogP contribution in [0.4, 0.5) is 5.69 Å². The summed E-state index contributed by atoms with van der Waals surface area (Å²) >= 11 is 0. The maximum atomic E-state index is 8.98. The summed E-state index contributed by atoms with van der Waals surface area (Å²) in [7, 11) is 0. The van der Waals surface area contributed by atoms with E-state index < -0.39 is 5.60 Å². The lowest BCUT2D eigenvalue weighted by Crippen LogP contribution is -2.58. The predicted octanol–water partition coefficient (Wildman–Crippen LogP) is 2.93. The number of hydrogen-bond acceptors (Lipinski definition) is 6. The van der Waals surface area contributed by atoms with Crippen molar-refractivity contribution in [3.05, 3.63) is 59.5 Å². The highest BCUT2D eigenvalue weighted by Crippen LogP contribution is 2.54. The second-order valence-corrected chi connectivity index (χ2v) is 9.86. The SMILES string of the molecule is Cc1cc(N2CC[C@](C)(c3ccccc3)C2)cn2nc(C34CC(CO3)C4NCC#N)nc12. The summed E-state index contributed by atoms with van der Waals surface area (Å²) in [5.74, 6) is 1.17. The van der Waals surface area contributed by atoms with Gasteiger partial charge >= 0.3 is 0 Å². The third kappa shape index (κ3) is 2.79. The van der Waals surface area contributed by atoms with E-state index in [1.165, 1.54) is 11.3 Å². The van der Waals surface area contributed by atoms with Crippen molar-refractivity contribution in [2.24, 2.45) is 5.92 Å². The quantitative estimate of drug-likeness (QED) is 0.630. The second-order valence-electron chi connectivity index (χ2n) is 9.86. The maximum Gasteiger partial charge on any atom is 0.185 e. The van der Waals surface area contributed by atoms with E-state index in [-0.39, 0.29) is 11.5 Å². The van der Waals surface area contributed by atoms with Crippen molar-refractivity contribution in [1.82, 2.24) is 19.9 Å². The number of aromatic nitrogens is 3. The van der Waals surface area contributed by atoms with Crippen LogP contribution in [0.2, 0.25) is 0 Å². The fourth-order valence-electron chi connectivity index (χ4n) is 5.94. The smallest absolute Gasteiger partial charge is 0.185 e. The van der Waals surface area contributed by atoms with Gasteiger partial charge in [-0.25, -0.2) is 9.50 Å². The van der Waals surface area contributed by atoms with Gasteiger partial charge in [-0.15, -0.1) is 5.10 Å². The lowest BCUT2D eigenvalue weighted by Gasteiger charge is -2.42. The molecule has 3 aliphatic heterocycles. The van der Waals surface area contributed by atoms with E-state index in [1.54, 1.807) is 0 Å². The number of nitrogens with one attached hydrogen (secondary N) is 1. The number of rotatable bonds is 5. The topological polar surface area (TPSA) is 78.5 Å². The summed E-state index contributed by atoms with van der Waals surface area (Å²) in [4.78, 5) is 7.35. The van der Waals surface area contributed by atoms with Crippen LogP contribution in [0, 0.1) is 24.2 Å². The number of fused-ring (bicyclic) bond motifs is 2. The number of nitriles is 1. The zero-order valence-electron chi connectivity index (χ0n) is 18.6. The Hall–Kier alpha value is -2.95. The molecule has 32 heavy (non-hydrogen) atoms. The molecule has 2 aromatic heterocycles. The maximum absolute atomic E-state index is 8.98. The minimum atomic E-state index is -0.500. The van der Waals surface area contributed by atoms with Gasteiger partial charge in [0.1, 0.15) is 5.60 Å². The van der Waals surface area contributed by atoms with E-state index >= 15 is 0 Å². The molecule has 3 unspecified atom stereocenters. The Balaban J connectivity index is 1.30. The van der Waals surface area contributed by atoms with E-state index in [9.17, 15) is 0 Å². The Bertz CT molecular complexity index is 1210. The molecule has 5 heterocycles. The van der Waals surface area contributed by atoms with Crippen molar-refractivity contribution < 1.29 is 4.74 Å². The lowest BCUT2D eigenvalue weighted by atomic mass is 9.69. The van der Waals surface area contributed by atoms with E-state index in [0.717, 1.165) is 43.0 Å². The van der Waals surface area contributed by atoms with Gasteiger partial charge in [0.25, 0.3) is 0 Å². The van der Waals surface area contributed by atoms with Crippen molar-refractivity contribution in [1.29, 1.82) is 5.26 Å². The van der Waals surface area contributed by atoms with E-state index in [4.69, 9.17) is 20.1 Å². The number of benzene rings is 1. The number of aryl methyl sites for hydroxylation is 1. The molecule has 7 heteroatoms. The molecule has 7 rings (SSSR count). The van der Waals surface area contributed by atoms with Gasteiger partial charge in [0.2, 0.25) is 0 Å². The van der Waals surface area contributed by atoms with Crippen molar-refractivity contribution in [3.63, 3.8) is 0 Å². The fraction of sp³-hybridized carbons (Fsp3) is 0.480. The Morgan fingerprint density at radius 3 is 2.94 bits per heavy atom. The molecule has 1 aromatic carbocycles. The van der Waals surface area contributed by atoms with E-state index in [2.05, 4.69) is 72.7 Å². The van der Waals surface area contributed by atoms with Crippen LogP contribution in [0.5, 0.6) is 0 Å². The predicted molar refractivity (Wildman–Crippen MR) is 121 cm³/mol. The molecule has 2 bridgehead atoms. The van der Waals surface area contributed by atoms with Gasteiger partial charge in [-0.3, -0.25) is 5.32 Å². The first-order valence-electron chi connectivity index (χ1n) is 11.4. The molecule has 3 aromatic rings. The molecule has 3 saturated heterocycles. The number of pyridine rings is 1. The third-order valence-corrected chi connectivity index (χ3v) is 7.79. The summed E-state index contributed by atoms with van der Waals surface area (Å²) in [5, 5.41) is 17.2. The average molecular weight is 429 g/mol. The number of anilines is 1. The first kappa shape index (κ1) is 19.7. The molecular formula is C25H28N6O. The van der Waals surface area contributed by atoms with Crippen LogP contribution in [0.15, 0.2) is 42.6 Å². The highest BCUT2D eigenvalue weighted by atomic mass is 16.5. The first-order valence-corrected chi connectivity index (χ1v) is 11.4. The molecule has 4 aliphatic rings. The molecule has 1 saturated carbocycles. The average Bonchev–Trinajstić information content (AvgIpc) is 3.56. The summed E-state index contributed by atoms with van der Waals surface area (Å²) in [6, 6.07) is 15.3. The summed E-state index contributed by atoms with van der Waals surface area (Å²) < 4.78 is 8.09. The van der Waals surface area contributed by atoms with Gasteiger partial charge in [-0.2, -0.15) is 5.26 Å². The summed E-state index contributed by atoms with van der Waals surface area (Å²) in [5.41, 5.74) is 4.22. The molecule has 1 N–H and O–H groups in total. The molecular weight excluding hydrogens is 400 g/mol. The number of ether oxygens (including phenoxy) is 1. The Labute approximate surface area is 188 Å².